The highest BCUT2D eigenvalue weighted by atomic mass is 16.5. The van der Waals surface area contributed by atoms with Crippen molar-refractivity contribution < 1.29 is 30.0 Å². The number of rotatable bonds is 6. The molecule has 0 bridgehead atoms. The predicted octanol–water partition coefficient (Wildman–Crippen LogP) is 3.78. The highest BCUT2D eigenvalue weighted by Gasteiger charge is 2.63. The van der Waals surface area contributed by atoms with Crippen LogP contribution in [0.15, 0.2) is 0 Å². The lowest BCUT2D eigenvalue weighted by atomic mass is 9.48. The molecule has 0 aromatic heterocycles. The Morgan fingerprint density at radius 2 is 1.63 bits per heavy atom. The zero-order valence-electron chi connectivity index (χ0n) is 22.7. The van der Waals surface area contributed by atoms with Crippen LogP contribution in [0, 0.1) is 58.2 Å². The standard InChI is InChI=1S/C29H50O6/c1-7-17(15(2)3)26(33)25(32)16(4)19-8-9-20-18-14-35-27(34)22-12-23(30)24(31)13-29(22,6)21(18)10-11-28(19,20)5/h15-26,30-33H,7-14H2,1-6H3/t16-,17?,18+,19+,20-,21-,22+,23-,24+,25-,26-,28-,29+/m0/s1. The zero-order valence-corrected chi connectivity index (χ0v) is 22.7. The maximum Gasteiger partial charge on any atom is 0.309 e. The summed E-state index contributed by atoms with van der Waals surface area (Å²) < 4.78 is 5.88. The average Bonchev–Trinajstić information content (AvgIpc) is 3.11. The third-order valence-electron chi connectivity index (χ3n) is 11.7. The summed E-state index contributed by atoms with van der Waals surface area (Å²) in [6, 6.07) is 0. The van der Waals surface area contributed by atoms with Gasteiger partial charge in [-0.15, -0.1) is 0 Å². The quantitative estimate of drug-likeness (QED) is 0.419. The lowest BCUT2D eigenvalue weighted by molar-refractivity contribution is -0.162. The van der Waals surface area contributed by atoms with Crippen molar-refractivity contribution in [3.05, 3.63) is 0 Å². The molecule has 6 nitrogen and oxygen atoms in total. The number of cyclic esters (lactones) is 1. The van der Waals surface area contributed by atoms with Crippen molar-refractivity contribution in [1.82, 2.24) is 0 Å². The van der Waals surface area contributed by atoms with Crippen LogP contribution in [0.1, 0.15) is 86.5 Å². The monoisotopic (exact) mass is 494 g/mol. The Morgan fingerprint density at radius 1 is 0.971 bits per heavy atom. The second-order valence-corrected chi connectivity index (χ2v) is 13.5. The van der Waals surface area contributed by atoms with Gasteiger partial charge in [-0.1, -0.05) is 48.0 Å². The normalized spacial score (nSPS) is 47.1. The van der Waals surface area contributed by atoms with Gasteiger partial charge in [0.1, 0.15) is 0 Å². The molecule has 0 spiro atoms. The molecule has 6 heteroatoms. The molecule has 4 N–H and O–H groups in total. The van der Waals surface area contributed by atoms with Crippen LogP contribution in [-0.4, -0.2) is 57.4 Å². The first-order chi connectivity index (χ1) is 16.4. The molecule has 4 rings (SSSR count). The fourth-order valence-electron chi connectivity index (χ4n) is 9.60. The number of aliphatic hydroxyl groups excluding tert-OH is 4. The first-order valence-corrected chi connectivity index (χ1v) is 14.3. The Labute approximate surface area is 211 Å². The van der Waals surface area contributed by atoms with Crippen LogP contribution in [0.25, 0.3) is 0 Å². The molecular formula is C29H50O6. The Morgan fingerprint density at radius 3 is 2.26 bits per heavy atom. The molecule has 13 atom stereocenters. The molecule has 35 heavy (non-hydrogen) atoms. The van der Waals surface area contributed by atoms with Gasteiger partial charge in [-0.05, 0) is 90.8 Å². The molecule has 0 radical (unpaired) electrons. The highest BCUT2D eigenvalue weighted by molar-refractivity contribution is 5.74. The van der Waals surface area contributed by atoms with Crippen LogP contribution in [0.3, 0.4) is 0 Å². The minimum absolute atomic E-state index is 0.00679. The molecule has 0 amide bonds. The third kappa shape index (κ3) is 4.38. The van der Waals surface area contributed by atoms with Gasteiger partial charge < -0.3 is 25.2 Å². The highest BCUT2D eigenvalue weighted by Crippen LogP contribution is 2.66. The molecule has 3 saturated carbocycles. The molecular weight excluding hydrogens is 444 g/mol. The van der Waals surface area contributed by atoms with Crippen LogP contribution in [0.2, 0.25) is 0 Å². The Bertz CT molecular complexity index is 770. The summed E-state index contributed by atoms with van der Waals surface area (Å²) in [6.07, 6.45) is 2.49. The maximum atomic E-state index is 13.0. The average molecular weight is 495 g/mol. The first kappa shape index (κ1) is 27.3. The van der Waals surface area contributed by atoms with Crippen molar-refractivity contribution >= 4 is 5.97 Å². The fourth-order valence-corrected chi connectivity index (χ4v) is 9.60. The molecule has 4 fully saturated rings. The van der Waals surface area contributed by atoms with Gasteiger partial charge >= 0.3 is 5.97 Å². The van der Waals surface area contributed by atoms with E-state index in [1.165, 1.54) is 0 Å². The summed E-state index contributed by atoms with van der Waals surface area (Å²) in [5.41, 5.74) is -0.348. The zero-order chi connectivity index (χ0) is 25.9. The van der Waals surface area contributed by atoms with E-state index in [2.05, 4.69) is 41.5 Å². The molecule has 0 aromatic carbocycles. The van der Waals surface area contributed by atoms with Crippen molar-refractivity contribution in [2.24, 2.45) is 58.2 Å². The van der Waals surface area contributed by atoms with Gasteiger partial charge in [0.25, 0.3) is 0 Å². The summed E-state index contributed by atoms with van der Waals surface area (Å²) in [7, 11) is 0. The van der Waals surface area contributed by atoms with E-state index in [4.69, 9.17) is 4.74 Å². The topological polar surface area (TPSA) is 107 Å². The van der Waals surface area contributed by atoms with Gasteiger partial charge in [-0.25, -0.2) is 0 Å². The van der Waals surface area contributed by atoms with Crippen molar-refractivity contribution in [1.29, 1.82) is 0 Å². The van der Waals surface area contributed by atoms with Crippen LogP contribution < -0.4 is 0 Å². The fraction of sp³-hybridized carbons (Fsp3) is 0.966. The lowest BCUT2D eigenvalue weighted by Crippen LogP contribution is -2.55. The van der Waals surface area contributed by atoms with Gasteiger partial charge in [0.15, 0.2) is 0 Å². The first-order valence-electron chi connectivity index (χ1n) is 14.3. The summed E-state index contributed by atoms with van der Waals surface area (Å²) in [5, 5.41) is 43.2. The van der Waals surface area contributed by atoms with Crippen LogP contribution in [-0.2, 0) is 9.53 Å². The van der Waals surface area contributed by atoms with Crippen LogP contribution in [0.4, 0.5) is 0 Å². The van der Waals surface area contributed by atoms with E-state index >= 15 is 0 Å². The number of aliphatic hydroxyl groups is 4. The molecule has 3 aliphatic carbocycles. The Kier molecular flexibility index (Phi) is 7.72. The van der Waals surface area contributed by atoms with E-state index < -0.39 is 24.4 Å². The summed E-state index contributed by atoms with van der Waals surface area (Å²) >= 11 is 0. The Balaban J connectivity index is 1.57. The Hall–Kier alpha value is -0.690. The maximum absolute atomic E-state index is 13.0. The van der Waals surface area contributed by atoms with E-state index in [0.717, 1.165) is 32.1 Å². The van der Waals surface area contributed by atoms with E-state index in [-0.39, 0.29) is 52.8 Å². The summed E-state index contributed by atoms with van der Waals surface area (Å²) in [5.74, 6) is 1.01. The number of hydrogen-bond acceptors (Lipinski definition) is 6. The minimum Gasteiger partial charge on any atom is -0.465 e. The van der Waals surface area contributed by atoms with Crippen molar-refractivity contribution in [3.63, 3.8) is 0 Å². The largest absolute Gasteiger partial charge is 0.465 e. The van der Waals surface area contributed by atoms with E-state index in [0.29, 0.717) is 30.8 Å². The van der Waals surface area contributed by atoms with Gasteiger partial charge in [-0.2, -0.15) is 0 Å². The number of carbonyl (C=O) groups is 1. The number of esters is 1. The van der Waals surface area contributed by atoms with E-state index in [1.807, 2.05) is 0 Å². The molecule has 1 saturated heterocycles. The van der Waals surface area contributed by atoms with Gasteiger partial charge in [0.05, 0.1) is 36.9 Å². The van der Waals surface area contributed by atoms with Crippen LogP contribution in [0.5, 0.6) is 0 Å². The second kappa shape index (κ2) is 9.89. The van der Waals surface area contributed by atoms with Crippen molar-refractivity contribution in [2.45, 2.75) is 111 Å². The predicted molar refractivity (Wildman–Crippen MR) is 134 cm³/mol. The number of fused-ring (bicyclic) bond motifs is 5. The molecule has 1 aliphatic heterocycles. The molecule has 1 heterocycles. The number of hydrogen-bond donors (Lipinski definition) is 4. The summed E-state index contributed by atoms with van der Waals surface area (Å²) in [6.45, 7) is 13.4. The molecule has 1 unspecified atom stereocenters. The molecule has 0 aromatic rings. The molecule has 202 valence electrons. The lowest BCUT2D eigenvalue weighted by Gasteiger charge is -2.56. The smallest absolute Gasteiger partial charge is 0.309 e. The van der Waals surface area contributed by atoms with Gasteiger partial charge in [-0.3, -0.25) is 4.79 Å². The van der Waals surface area contributed by atoms with Crippen molar-refractivity contribution in [3.8, 4) is 0 Å². The molecule has 4 aliphatic rings. The summed E-state index contributed by atoms with van der Waals surface area (Å²) in [4.78, 5) is 13.0. The minimum atomic E-state index is -0.867. The van der Waals surface area contributed by atoms with Crippen LogP contribution >= 0.6 is 0 Å². The van der Waals surface area contributed by atoms with E-state index in [9.17, 15) is 25.2 Å². The van der Waals surface area contributed by atoms with E-state index in [1.54, 1.807) is 0 Å². The number of carbonyl (C=O) groups excluding carboxylic acids is 1. The van der Waals surface area contributed by atoms with Crippen molar-refractivity contribution in [2.75, 3.05) is 6.61 Å². The number of ether oxygens (including phenoxy) is 1. The SMILES string of the molecule is CCC(C(C)C)[C@H](O)[C@@H](O)[C@@H](C)[C@H]1CC[C@H]2[C@H]3COC(=O)[C@H]4C[C@H](O)[C@H](O)C[C@]4(C)[C@H]3CC[C@@]12C. The van der Waals surface area contributed by atoms with Gasteiger partial charge in [0, 0.05) is 0 Å². The van der Waals surface area contributed by atoms with Gasteiger partial charge in [0.2, 0.25) is 0 Å². The second-order valence-electron chi connectivity index (χ2n) is 13.5. The third-order valence-corrected chi connectivity index (χ3v) is 11.7.